The van der Waals surface area contributed by atoms with Gasteiger partial charge in [0.25, 0.3) is 7.37 Å². The molecule has 6 heteroatoms. The Balaban J connectivity index is 2.13. The van der Waals surface area contributed by atoms with Crippen LogP contribution in [0.5, 0.6) is 0 Å². The average molecular weight is 426 g/mol. The smallest absolute Gasteiger partial charge is 0.258 e. The normalized spacial score (nSPS) is 14.0. The largest absolute Gasteiger partial charge is 0.378 e. The minimum Gasteiger partial charge on any atom is -0.378 e. The van der Waals surface area contributed by atoms with Crippen LogP contribution in [0, 0.1) is 5.82 Å². The summed E-state index contributed by atoms with van der Waals surface area (Å²) in [6.45, 7) is 2.27. The molecular weight excluding hydrogens is 398 g/mol. The lowest BCUT2D eigenvalue weighted by Gasteiger charge is -2.30. The predicted molar refractivity (Wildman–Crippen MR) is 123 cm³/mol. The molecule has 2 atom stereocenters. The Hall–Kier alpha value is -2.62. The van der Waals surface area contributed by atoms with E-state index in [1.54, 1.807) is 18.2 Å². The first-order valence-corrected chi connectivity index (χ1v) is 11.7. The maximum absolute atomic E-state index is 14.9. The number of halogens is 1. The highest BCUT2D eigenvalue weighted by atomic mass is 31.2. The first-order chi connectivity index (χ1) is 14.5. The summed E-state index contributed by atoms with van der Waals surface area (Å²) >= 11 is 0. The van der Waals surface area contributed by atoms with Gasteiger partial charge in [0, 0.05) is 36.3 Å². The van der Waals surface area contributed by atoms with Crippen LogP contribution in [0.3, 0.4) is 0 Å². The van der Waals surface area contributed by atoms with E-state index in [1.165, 1.54) is 6.07 Å². The molecule has 0 bridgehead atoms. The van der Waals surface area contributed by atoms with Crippen molar-refractivity contribution >= 4 is 24.0 Å². The maximum Gasteiger partial charge on any atom is 0.258 e. The van der Waals surface area contributed by atoms with E-state index >= 15 is 0 Å². The van der Waals surface area contributed by atoms with Crippen molar-refractivity contribution in [3.8, 4) is 0 Å². The van der Waals surface area contributed by atoms with Gasteiger partial charge in [0.1, 0.15) is 11.6 Å². The number of anilines is 2. The van der Waals surface area contributed by atoms with E-state index in [0.717, 1.165) is 11.4 Å². The van der Waals surface area contributed by atoms with Gasteiger partial charge in [-0.1, -0.05) is 43.3 Å². The summed E-state index contributed by atoms with van der Waals surface area (Å²) < 4.78 is 35.3. The number of hydrogen-bond donors (Lipinski definition) is 1. The van der Waals surface area contributed by atoms with Gasteiger partial charge in [0.2, 0.25) is 0 Å². The second kappa shape index (κ2) is 9.92. The van der Waals surface area contributed by atoms with Crippen LogP contribution in [-0.4, -0.2) is 20.7 Å². The number of nitrogens with one attached hydrogen (secondary N) is 1. The Morgan fingerprint density at radius 2 is 1.60 bits per heavy atom. The maximum atomic E-state index is 14.9. The minimum absolute atomic E-state index is 0.314. The molecule has 0 unspecified atom stereocenters. The van der Waals surface area contributed by atoms with E-state index in [4.69, 9.17) is 4.52 Å². The quantitative estimate of drug-likeness (QED) is 0.424. The van der Waals surface area contributed by atoms with Gasteiger partial charge in [0.05, 0.1) is 6.61 Å². The van der Waals surface area contributed by atoms with E-state index < -0.39 is 19.0 Å². The third kappa shape index (κ3) is 4.92. The Bertz CT molecular complexity index is 994. The van der Waals surface area contributed by atoms with Gasteiger partial charge in [-0.05, 0) is 48.9 Å². The SMILES string of the molecule is CCCO[P@@](=O)(c1ccc(N(C)C)cc1)[C@H](Nc1ccccc1)c1ccccc1F. The fraction of sp³-hybridized carbons (Fsp3) is 0.250. The summed E-state index contributed by atoms with van der Waals surface area (Å²) in [6.07, 6.45) is 0.703. The average Bonchev–Trinajstić information content (AvgIpc) is 2.77. The van der Waals surface area contributed by atoms with E-state index in [0.29, 0.717) is 23.9 Å². The summed E-state index contributed by atoms with van der Waals surface area (Å²) in [7, 11) is 0.359. The summed E-state index contributed by atoms with van der Waals surface area (Å²) in [5.74, 6) is -1.28. The molecule has 0 heterocycles. The van der Waals surface area contributed by atoms with E-state index in [2.05, 4.69) is 5.32 Å². The predicted octanol–water partition coefficient (Wildman–Crippen LogP) is 6.03. The van der Waals surface area contributed by atoms with Crippen molar-refractivity contribution < 1.29 is 13.5 Å². The summed E-state index contributed by atoms with van der Waals surface area (Å²) in [6, 6.07) is 23.2. The Morgan fingerprint density at radius 3 is 2.20 bits per heavy atom. The Morgan fingerprint density at radius 1 is 0.967 bits per heavy atom. The molecule has 0 aliphatic heterocycles. The molecule has 0 aliphatic carbocycles. The lowest BCUT2D eigenvalue weighted by Crippen LogP contribution is -2.22. The van der Waals surface area contributed by atoms with Crippen molar-refractivity contribution in [1.29, 1.82) is 0 Å². The summed E-state index contributed by atoms with van der Waals surface area (Å²) in [5.41, 5.74) is 2.05. The van der Waals surface area contributed by atoms with Gasteiger partial charge in [-0.25, -0.2) is 4.39 Å². The number of hydrogen-bond acceptors (Lipinski definition) is 4. The highest BCUT2D eigenvalue weighted by molar-refractivity contribution is 7.67. The molecule has 158 valence electrons. The van der Waals surface area contributed by atoms with Crippen molar-refractivity contribution in [3.63, 3.8) is 0 Å². The second-order valence-corrected chi connectivity index (χ2v) is 9.76. The summed E-state index contributed by atoms with van der Waals surface area (Å²) in [4.78, 5) is 1.97. The first kappa shape index (κ1) is 22.1. The molecule has 0 aromatic heterocycles. The zero-order chi connectivity index (χ0) is 21.6. The Kier molecular flexibility index (Phi) is 7.30. The lowest BCUT2D eigenvalue weighted by molar-refractivity contribution is 0.314. The van der Waals surface area contributed by atoms with Crippen molar-refractivity contribution in [3.05, 3.63) is 90.2 Å². The van der Waals surface area contributed by atoms with Crippen LogP contribution >= 0.6 is 7.37 Å². The molecule has 3 rings (SSSR count). The van der Waals surface area contributed by atoms with Gasteiger partial charge in [-0.2, -0.15) is 0 Å². The molecule has 0 spiro atoms. The molecule has 0 saturated carbocycles. The lowest BCUT2D eigenvalue weighted by atomic mass is 10.2. The van der Waals surface area contributed by atoms with Crippen molar-refractivity contribution in [2.45, 2.75) is 19.1 Å². The zero-order valence-electron chi connectivity index (χ0n) is 17.6. The second-order valence-electron chi connectivity index (χ2n) is 7.28. The number of para-hydroxylation sites is 1. The molecule has 1 N–H and O–H groups in total. The van der Waals surface area contributed by atoms with Crippen LogP contribution in [0.1, 0.15) is 24.7 Å². The zero-order valence-corrected chi connectivity index (χ0v) is 18.5. The van der Waals surface area contributed by atoms with E-state index in [9.17, 15) is 8.96 Å². The molecule has 30 heavy (non-hydrogen) atoms. The monoisotopic (exact) mass is 426 g/mol. The van der Waals surface area contributed by atoms with Crippen LogP contribution in [-0.2, 0) is 9.09 Å². The van der Waals surface area contributed by atoms with Gasteiger partial charge in [-0.3, -0.25) is 4.57 Å². The number of nitrogens with zero attached hydrogens (tertiary/aromatic N) is 1. The van der Waals surface area contributed by atoms with Crippen LogP contribution in [0.15, 0.2) is 78.9 Å². The van der Waals surface area contributed by atoms with Gasteiger partial charge in [-0.15, -0.1) is 0 Å². The molecule has 3 aromatic rings. The first-order valence-electron chi connectivity index (χ1n) is 10.0. The third-order valence-corrected chi connectivity index (χ3v) is 7.50. The highest BCUT2D eigenvalue weighted by Crippen LogP contribution is 2.59. The van der Waals surface area contributed by atoms with Gasteiger partial charge in [0.15, 0.2) is 0 Å². The molecular formula is C24H28FN2O2P. The number of rotatable bonds is 9. The summed E-state index contributed by atoms with van der Waals surface area (Å²) in [5, 5.41) is 3.84. The molecule has 0 amide bonds. The van der Waals surface area contributed by atoms with Crippen LogP contribution in [0.4, 0.5) is 15.8 Å². The van der Waals surface area contributed by atoms with Crippen LogP contribution < -0.4 is 15.5 Å². The molecule has 0 fully saturated rings. The van der Waals surface area contributed by atoms with E-state index in [1.807, 2.05) is 80.5 Å². The minimum atomic E-state index is -3.53. The number of benzene rings is 3. The van der Waals surface area contributed by atoms with Crippen molar-refractivity contribution in [1.82, 2.24) is 0 Å². The van der Waals surface area contributed by atoms with Crippen LogP contribution in [0.2, 0.25) is 0 Å². The van der Waals surface area contributed by atoms with Crippen LogP contribution in [0.25, 0.3) is 0 Å². The van der Waals surface area contributed by atoms with Crippen molar-refractivity contribution in [2.24, 2.45) is 0 Å². The highest BCUT2D eigenvalue weighted by Gasteiger charge is 2.39. The molecule has 0 aliphatic rings. The Labute approximate surface area is 178 Å². The molecule has 3 aromatic carbocycles. The topological polar surface area (TPSA) is 41.6 Å². The fourth-order valence-corrected chi connectivity index (χ4v) is 5.73. The molecule has 0 saturated heterocycles. The van der Waals surface area contributed by atoms with Crippen molar-refractivity contribution in [2.75, 3.05) is 30.9 Å². The fourth-order valence-electron chi connectivity index (χ4n) is 3.22. The third-order valence-electron chi connectivity index (χ3n) is 4.83. The molecule has 0 radical (unpaired) electrons. The standard InChI is InChI=1S/C24H28FN2O2P/c1-4-18-29-30(28,21-16-14-20(15-17-21)27(2)3)24(22-12-8-9-13-23(22)25)26-19-10-6-5-7-11-19/h5-17,24,26H,4,18H2,1-3H3/t24-,30-/m0/s1. The van der Waals surface area contributed by atoms with E-state index in [-0.39, 0.29) is 0 Å². The van der Waals surface area contributed by atoms with Gasteiger partial charge >= 0.3 is 0 Å². The van der Waals surface area contributed by atoms with Gasteiger partial charge < -0.3 is 14.7 Å². The molecule has 4 nitrogen and oxygen atoms in total.